The first-order chi connectivity index (χ1) is 12.8. The summed E-state index contributed by atoms with van der Waals surface area (Å²) in [7, 11) is 0. The standard InChI is InChI=1S/C22H28N4/c1-17-16-21(23-14-13-18-8-3-2-4-9-18)25-22(24-17)26-15-7-11-19-10-5-6-12-20(19)26/h5-6,8,10,12,16H,2-4,7,9,11,13-15H2,1H3,(H,23,24,25). The Hall–Kier alpha value is -2.36. The first kappa shape index (κ1) is 17.1. The van der Waals surface area contributed by atoms with E-state index in [1.807, 2.05) is 0 Å². The highest BCUT2D eigenvalue weighted by atomic mass is 15.3. The van der Waals surface area contributed by atoms with Crippen molar-refractivity contribution in [2.24, 2.45) is 0 Å². The van der Waals surface area contributed by atoms with Crippen LogP contribution >= 0.6 is 0 Å². The zero-order chi connectivity index (χ0) is 17.8. The van der Waals surface area contributed by atoms with Gasteiger partial charge in [0.15, 0.2) is 0 Å². The number of hydrogen-bond acceptors (Lipinski definition) is 4. The molecule has 0 fully saturated rings. The van der Waals surface area contributed by atoms with Crippen molar-refractivity contribution in [2.45, 2.75) is 51.9 Å². The monoisotopic (exact) mass is 348 g/mol. The first-order valence-electron chi connectivity index (χ1n) is 9.92. The highest BCUT2D eigenvalue weighted by molar-refractivity contribution is 5.64. The lowest BCUT2D eigenvalue weighted by Gasteiger charge is -2.29. The van der Waals surface area contributed by atoms with Crippen LogP contribution in [0.1, 0.15) is 49.8 Å². The van der Waals surface area contributed by atoms with Crippen LogP contribution in [0.25, 0.3) is 0 Å². The number of allylic oxidation sites excluding steroid dienone is 1. The summed E-state index contributed by atoms with van der Waals surface area (Å²) in [5.41, 5.74) is 5.25. The van der Waals surface area contributed by atoms with Crippen molar-refractivity contribution in [3.63, 3.8) is 0 Å². The van der Waals surface area contributed by atoms with Crippen molar-refractivity contribution in [2.75, 3.05) is 23.3 Å². The third-order valence-electron chi connectivity index (χ3n) is 5.33. The number of aromatic nitrogens is 2. The number of rotatable bonds is 5. The van der Waals surface area contributed by atoms with Gasteiger partial charge in [-0.1, -0.05) is 29.8 Å². The molecule has 0 bridgehead atoms. The van der Waals surface area contributed by atoms with Crippen molar-refractivity contribution in [1.82, 2.24) is 9.97 Å². The average molecular weight is 348 g/mol. The predicted molar refractivity (Wildman–Crippen MR) is 108 cm³/mol. The number of hydrogen-bond donors (Lipinski definition) is 1. The van der Waals surface area contributed by atoms with Crippen LogP contribution < -0.4 is 10.2 Å². The van der Waals surface area contributed by atoms with Gasteiger partial charge in [-0.3, -0.25) is 0 Å². The van der Waals surface area contributed by atoms with Gasteiger partial charge in [-0.2, -0.15) is 4.98 Å². The maximum atomic E-state index is 4.82. The Kier molecular flexibility index (Phi) is 5.19. The molecule has 1 aliphatic heterocycles. The summed E-state index contributed by atoms with van der Waals surface area (Å²) in [5, 5.41) is 3.52. The Morgan fingerprint density at radius 3 is 2.88 bits per heavy atom. The molecule has 4 nitrogen and oxygen atoms in total. The molecule has 2 heterocycles. The van der Waals surface area contributed by atoms with Crippen molar-refractivity contribution in [3.05, 3.63) is 53.2 Å². The van der Waals surface area contributed by atoms with E-state index in [0.29, 0.717) is 0 Å². The van der Waals surface area contributed by atoms with E-state index >= 15 is 0 Å². The van der Waals surface area contributed by atoms with Gasteiger partial charge in [-0.25, -0.2) is 4.98 Å². The Morgan fingerprint density at radius 1 is 1.08 bits per heavy atom. The van der Waals surface area contributed by atoms with Gasteiger partial charge in [0, 0.05) is 30.5 Å². The molecule has 0 saturated carbocycles. The number of fused-ring (bicyclic) bond motifs is 1. The smallest absolute Gasteiger partial charge is 0.232 e. The second-order valence-electron chi connectivity index (χ2n) is 7.36. The van der Waals surface area contributed by atoms with Gasteiger partial charge in [-0.15, -0.1) is 0 Å². The molecule has 1 aliphatic carbocycles. The predicted octanol–water partition coefficient (Wildman–Crippen LogP) is 5.17. The molecule has 0 amide bonds. The lowest BCUT2D eigenvalue weighted by atomic mass is 9.97. The fourth-order valence-corrected chi connectivity index (χ4v) is 3.99. The largest absolute Gasteiger partial charge is 0.370 e. The van der Waals surface area contributed by atoms with Gasteiger partial charge in [0.25, 0.3) is 0 Å². The molecule has 0 unspecified atom stereocenters. The van der Waals surface area contributed by atoms with E-state index in [-0.39, 0.29) is 0 Å². The van der Waals surface area contributed by atoms with Crippen molar-refractivity contribution >= 4 is 17.5 Å². The second-order valence-corrected chi connectivity index (χ2v) is 7.36. The van der Waals surface area contributed by atoms with Crippen LogP contribution in [0.5, 0.6) is 0 Å². The van der Waals surface area contributed by atoms with Gasteiger partial charge in [-0.05, 0) is 63.5 Å². The molecule has 136 valence electrons. The summed E-state index contributed by atoms with van der Waals surface area (Å²) in [6.45, 7) is 3.97. The van der Waals surface area contributed by atoms with Gasteiger partial charge < -0.3 is 10.2 Å². The van der Waals surface area contributed by atoms with Crippen LogP contribution in [0, 0.1) is 6.92 Å². The molecule has 1 aromatic carbocycles. The number of anilines is 3. The number of aryl methyl sites for hydroxylation is 2. The second kappa shape index (κ2) is 7.90. The molecular formula is C22H28N4. The summed E-state index contributed by atoms with van der Waals surface area (Å²) < 4.78 is 0. The van der Waals surface area contributed by atoms with E-state index in [9.17, 15) is 0 Å². The quantitative estimate of drug-likeness (QED) is 0.757. The van der Waals surface area contributed by atoms with Crippen LogP contribution in [0.15, 0.2) is 42.0 Å². The summed E-state index contributed by atoms with van der Waals surface area (Å²) in [6.07, 6.45) is 11.0. The number of benzene rings is 1. The highest BCUT2D eigenvalue weighted by Crippen LogP contribution is 2.32. The minimum Gasteiger partial charge on any atom is -0.370 e. The molecule has 2 aromatic rings. The van der Waals surface area contributed by atoms with Crippen molar-refractivity contribution in [1.29, 1.82) is 0 Å². The van der Waals surface area contributed by atoms with E-state index in [1.165, 1.54) is 36.9 Å². The zero-order valence-corrected chi connectivity index (χ0v) is 15.7. The fourth-order valence-electron chi connectivity index (χ4n) is 3.99. The van der Waals surface area contributed by atoms with E-state index < -0.39 is 0 Å². The van der Waals surface area contributed by atoms with Gasteiger partial charge in [0.2, 0.25) is 5.95 Å². The maximum absolute atomic E-state index is 4.82. The molecule has 0 radical (unpaired) electrons. The van der Waals surface area contributed by atoms with Gasteiger partial charge in [0.05, 0.1) is 0 Å². The molecule has 1 aromatic heterocycles. The van der Waals surface area contributed by atoms with E-state index in [4.69, 9.17) is 9.97 Å². The van der Waals surface area contributed by atoms with Crippen molar-refractivity contribution < 1.29 is 0 Å². The van der Waals surface area contributed by atoms with Crippen LogP contribution in [-0.2, 0) is 6.42 Å². The van der Waals surface area contributed by atoms with Crippen molar-refractivity contribution in [3.8, 4) is 0 Å². The number of nitrogens with zero attached hydrogens (tertiary/aromatic N) is 3. The molecule has 2 aliphatic rings. The number of para-hydroxylation sites is 1. The molecule has 0 spiro atoms. The summed E-state index contributed by atoms with van der Waals surface area (Å²) in [4.78, 5) is 11.8. The lowest BCUT2D eigenvalue weighted by molar-refractivity contribution is 0.679. The van der Waals surface area contributed by atoms with Crippen LogP contribution in [0.3, 0.4) is 0 Å². The number of nitrogens with one attached hydrogen (secondary N) is 1. The molecule has 1 N–H and O–H groups in total. The topological polar surface area (TPSA) is 41.1 Å². The van der Waals surface area contributed by atoms with Crippen LogP contribution in [0.4, 0.5) is 17.5 Å². The van der Waals surface area contributed by atoms with E-state index in [1.54, 1.807) is 5.57 Å². The van der Waals surface area contributed by atoms with Crippen LogP contribution in [0.2, 0.25) is 0 Å². The summed E-state index contributed by atoms with van der Waals surface area (Å²) in [5.74, 6) is 1.75. The zero-order valence-electron chi connectivity index (χ0n) is 15.7. The normalized spacial score (nSPS) is 16.8. The molecule has 0 saturated heterocycles. The minimum absolute atomic E-state index is 0.816. The van der Waals surface area contributed by atoms with E-state index in [2.05, 4.69) is 53.5 Å². The Labute approximate surface area is 156 Å². The van der Waals surface area contributed by atoms with E-state index in [0.717, 1.165) is 49.8 Å². The maximum Gasteiger partial charge on any atom is 0.232 e. The molecule has 0 atom stereocenters. The summed E-state index contributed by atoms with van der Waals surface area (Å²) in [6, 6.07) is 10.7. The Balaban J connectivity index is 1.49. The van der Waals surface area contributed by atoms with Gasteiger partial charge in [0.1, 0.15) is 5.82 Å². The van der Waals surface area contributed by atoms with Crippen LogP contribution in [-0.4, -0.2) is 23.1 Å². The highest BCUT2D eigenvalue weighted by Gasteiger charge is 2.20. The minimum atomic E-state index is 0.816. The molecular weight excluding hydrogens is 320 g/mol. The molecule has 4 heteroatoms. The fraction of sp³-hybridized carbons (Fsp3) is 0.455. The Morgan fingerprint density at radius 2 is 2.00 bits per heavy atom. The molecule has 26 heavy (non-hydrogen) atoms. The first-order valence-corrected chi connectivity index (χ1v) is 9.92. The lowest BCUT2D eigenvalue weighted by Crippen LogP contribution is -2.26. The summed E-state index contributed by atoms with van der Waals surface area (Å²) >= 11 is 0. The Bertz CT molecular complexity index is 796. The SMILES string of the molecule is Cc1cc(NCCC2=CCCCC2)nc(N2CCCc3ccccc32)n1. The van der Waals surface area contributed by atoms with Gasteiger partial charge >= 0.3 is 0 Å². The third kappa shape index (κ3) is 3.90. The third-order valence-corrected chi connectivity index (χ3v) is 5.33. The average Bonchev–Trinajstić information content (AvgIpc) is 2.68. The molecule has 4 rings (SSSR count).